The van der Waals surface area contributed by atoms with Crippen molar-refractivity contribution < 1.29 is 4.74 Å². The summed E-state index contributed by atoms with van der Waals surface area (Å²) in [6.07, 6.45) is 0. The van der Waals surface area contributed by atoms with Crippen molar-refractivity contribution in [1.82, 2.24) is 10.2 Å². The highest BCUT2D eigenvalue weighted by atomic mass is 35.5. The first kappa shape index (κ1) is 21.3. The molecule has 26 heavy (non-hydrogen) atoms. The van der Waals surface area contributed by atoms with Crippen molar-refractivity contribution in [3.63, 3.8) is 0 Å². The fraction of sp³-hybridized carbons (Fsp3) is 0.400. The first-order valence-electron chi connectivity index (χ1n) is 8.81. The van der Waals surface area contributed by atoms with Crippen LogP contribution in [0.15, 0.2) is 36.4 Å². The van der Waals surface area contributed by atoms with Gasteiger partial charge in [-0.05, 0) is 49.0 Å². The Balaban J connectivity index is 1.94. The van der Waals surface area contributed by atoms with Crippen LogP contribution in [0.25, 0.3) is 0 Å². The van der Waals surface area contributed by atoms with E-state index in [4.69, 9.17) is 39.5 Å². The van der Waals surface area contributed by atoms with Gasteiger partial charge in [-0.15, -0.1) is 0 Å². The maximum atomic E-state index is 6.16. The van der Waals surface area contributed by atoms with Crippen molar-refractivity contribution in [1.29, 1.82) is 0 Å². The smallest absolute Gasteiger partial charge is 0.124 e. The third-order valence-electron chi connectivity index (χ3n) is 4.22. The predicted molar refractivity (Wildman–Crippen MR) is 112 cm³/mol. The highest BCUT2D eigenvalue weighted by Gasteiger charge is 2.07. The molecule has 0 saturated heterocycles. The SMILES string of the molecule is CCN(CC)CCNCc1cc(Cl)ccc1OCc1ccc(Cl)c(Cl)c1. The molecule has 1 N–H and O–H groups in total. The van der Waals surface area contributed by atoms with Crippen molar-refractivity contribution in [3.05, 3.63) is 62.6 Å². The number of rotatable bonds is 10. The lowest BCUT2D eigenvalue weighted by Crippen LogP contribution is -2.31. The lowest BCUT2D eigenvalue weighted by molar-refractivity contribution is 0.296. The normalized spacial score (nSPS) is 11.2. The predicted octanol–water partition coefficient (Wildman–Crippen LogP) is 5.66. The summed E-state index contributed by atoms with van der Waals surface area (Å²) in [6.45, 7) is 9.54. The Morgan fingerprint density at radius 2 is 1.73 bits per heavy atom. The van der Waals surface area contributed by atoms with E-state index in [1.165, 1.54) is 0 Å². The number of hydrogen-bond donors (Lipinski definition) is 1. The number of benzene rings is 2. The molecular formula is C20H25Cl3N2O. The number of nitrogens with zero attached hydrogens (tertiary/aromatic N) is 1. The molecule has 0 radical (unpaired) electrons. The van der Waals surface area contributed by atoms with Crippen LogP contribution in [0.3, 0.4) is 0 Å². The Kier molecular flexibility index (Phi) is 9.03. The number of hydrogen-bond acceptors (Lipinski definition) is 3. The van der Waals surface area contributed by atoms with Crippen molar-refractivity contribution in [2.75, 3.05) is 26.2 Å². The molecule has 0 fully saturated rings. The van der Waals surface area contributed by atoms with Gasteiger partial charge in [-0.3, -0.25) is 0 Å². The molecule has 3 nitrogen and oxygen atoms in total. The van der Waals surface area contributed by atoms with E-state index in [0.29, 0.717) is 28.2 Å². The Labute approximate surface area is 171 Å². The Bertz CT molecular complexity index is 705. The van der Waals surface area contributed by atoms with Gasteiger partial charge in [0, 0.05) is 30.2 Å². The molecule has 0 unspecified atom stereocenters. The average Bonchev–Trinajstić information content (AvgIpc) is 2.64. The van der Waals surface area contributed by atoms with E-state index >= 15 is 0 Å². The quantitative estimate of drug-likeness (QED) is 0.507. The summed E-state index contributed by atoms with van der Waals surface area (Å²) in [7, 11) is 0. The molecule has 0 spiro atoms. The van der Waals surface area contributed by atoms with Crippen LogP contribution in [0.4, 0.5) is 0 Å². The molecular weight excluding hydrogens is 391 g/mol. The summed E-state index contributed by atoms with van der Waals surface area (Å²) in [5, 5.41) is 5.24. The average molecular weight is 416 g/mol. The van der Waals surface area contributed by atoms with E-state index in [0.717, 1.165) is 43.1 Å². The number of likely N-dealkylation sites (N-methyl/N-ethyl adjacent to an activating group) is 1. The van der Waals surface area contributed by atoms with Gasteiger partial charge in [0.25, 0.3) is 0 Å². The second-order valence-electron chi connectivity index (χ2n) is 5.99. The van der Waals surface area contributed by atoms with E-state index in [9.17, 15) is 0 Å². The molecule has 2 aromatic carbocycles. The number of ether oxygens (including phenoxy) is 1. The third kappa shape index (κ3) is 6.64. The zero-order valence-electron chi connectivity index (χ0n) is 15.2. The summed E-state index contributed by atoms with van der Waals surface area (Å²) in [5.74, 6) is 0.816. The molecule has 142 valence electrons. The van der Waals surface area contributed by atoms with E-state index in [1.54, 1.807) is 6.07 Å². The highest BCUT2D eigenvalue weighted by molar-refractivity contribution is 6.42. The van der Waals surface area contributed by atoms with Crippen molar-refractivity contribution >= 4 is 34.8 Å². The summed E-state index contributed by atoms with van der Waals surface area (Å²) >= 11 is 18.2. The molecule has 2 aromatic rings. The van der Waals surface area contributed by atoms with Gasteiger partial charge in [0.1, 0.15) is 12.4 Å². The van der Waals surface area contributed by atoms with Gasteiger partial charge in [-0.2, -0.15) is 0 Å². The van der Waals surface area contributed by atoms with E-state index in [2.05, 4.69) is 24.1 Å². The van der Waals surface area contributed by atoms with Crippen LogP contribution in [0.5, 0.6) is 5.75 Å². The molecule has 0 heterocycles. The van der Waals surface area contributed by atoms with Gasteiger partial charge >= 0.3 is 0 Å². The van der Waals surface area contributed by atoms with Gasteiger partial charge in [0.15, 0.2) is 0 Å². The monoisotopic (exact) mass is 414 g/mol. The van der Waals surface area contributed by atoms with Crippen LogP contribution in [-0.2, 0) is 13.2 Å². The first-order chi connectivity index (χ1) is 12.5. The lowest BCUT2D eigenvalue weighted by atomic mass is 10.2. The fourth-order valence-corrected chi connectivity index (χ4v) is 3.13. The molecule has 0 aliphatic heterocycles. The number of halogens is 3. The Morgan fingerprint density at radius 3 is 2.42 bits per heavy atom. The third-order valence-corrected chi connectivity index (χ3v) is 5.19. The summed E-state index contributed by atoms with van der Waals surface area (Å²) < 4.78 is 5.98. The molecule has 0 amide bonds. The minimum atomic E-state index is 0.422. The molecule has 2 rings (SSSR count). The minimum Gasteiger partial charge on any atom is -0.489 e. The zero-order valence-corrected chi connectivity index (χ0v) is 17.5. The molecule has 0 aromatic heterocycles. The lowest BCUT2D eigenvalue weighted by Gasteiger charge is -2.18. The summed E-state index contributed by atoms with van der Waals surface area (Å²) in [4.78, 5) is 2.38. The summed E-state index contributed by atoms with van der Waals surface area (Å²) in [5.41, 5.74) is 2.01. The topological polar surface area (TPSA) is 24.5 Å². The molecule has 6 heteroatoms. The molecule has 0 saturated carbocycles. The van der Waals surface area contributed by atoms with Crippen LogP contribution in [0.1, 0.15) is 25.0 Å². The van der Waals surface area contributed by atoms with E-state index < -0.39 is 0 Å². The van der Waals surface area contributed by atoms with E-state index in [1.807, 2.05) is 30.3 Å². The fourth-order valence-electron chi connectivity index (χ4n) is 2.62. The van der Waals surface area contributed by atoms with Gasteiger partial charge in [-0.25, -0.2) is 0 Å². The van der Waals surface area contributed by atoms with Crippen LogP contribution in [0.2, 0.25) is 15.1 Å². The number of nitrogens with one attached hydrogen (secondary N) is 1. The Morgan fingerprint density at radius 1 is 0.962 bits per heavy atom. The van der Waals surface area contributed by atoms with Crippen molar-refractivity contribution in [3.8, 4) is 5.75 Å². The first-order valence-corrected chi connectivity index (χ1v) is 9.95. The second-order valence-corrected chi connectivity index (χ2v) is 7.24. The van der Waals surface area contributed by atoms with Gasteiger partial charge < -0.3 is 15.0 Å². The largest absolute Gasteiger partial charge is 0.489 e. The van der Waals surface area contributed by atoms with Gasteiger partial charge in [-0.1, -0.05) is 54.7 Å². The summed E-state index contributed by atoms with van der Waals surface area (Å²) in [6, 6.07) is 11.2. The maximum Gasteiger partial charge on any atom is 0.124 e. The molecule has 0 aliphatic rings. The van der Waals surface area contributed by atoms with Crippen LogP contribution in [0, 0.1) is 0 Å². The molecule has 0 bridgehead atoms. The standard InChI is InChI=1S/C20H25Cl3N2O/c1-3-25(4-2)10-9-24-13-16-12-17(21)6-8-20(16)26-14-15-5-7-18(22)19(23)11-15/h5-8,11-12,24H,3-4,9-10,13-14H2,1-2H3. The molecule has 0 atom stereocenters. The van der Waals surface area contributed by atoms with Crippen molar-refractivity contribution in [2.45, 2.75) is 27.0 Å². The Hall–Kier alpha value is -0.970. The van der Waals surface area contributed by atoms with Gasteiger partial charge in [0.05, 0.1) is 10.0 Å². The van der Waals surface area contributed by atoms with Crippen LogP contribution < -0.4 is 10.1 Å². The van der Waals surface area contributed by atoms with Crippen molar-refractivity contribution in [2.24, 2.45) is 0 Å². The minimum absolute atomic E-state index is 0.422. The van der Waals surface area contributed by atoms with Crippen LogP contribution >= 0.6 is 34.8 Å². The highest BCUT2D eigenvalue weighted by Crippen LogP contribution is 2.26. The van der Waals surface area contributed by atoms with E-state index in [-0.39, 0.29) is 0 Å². The maximum absolute atomic E-state index is 6.16. The zero-order chi connectivity index (χ0) is 18.9. The molecule has 0 aliphatic carbocycles. The second kappa shape index (κ2) is 11.0. The van der Waals surface area contributed by atoms with Crippen LogP contribution in [-0.4, -0.2) is 31.1 Å². The van der Waals surface area contributed by atoms with Gasteiger partial charge in [0.2, 0.25) is 0 Å².